The molecular weight excluding hydrogens is 425 g/mol. The number of amides is 1. The maximum absolute atomic E-state index is 13.1. The van der Waals surface area contributed by atoms with Crippen LogP contribution in [0.2, 0.25) is 5.02 Å². The van der Waals surface area contributed by atoms with Crippen molar-refractivity contribution in [1.82, 2.24) is 15.0 Å². The third kappa shape index (κ3) is 4.57. The molecule has 0 fully saturated rings. The second kappa shape index (κ2) is 8.33. The number of nitro groups is 1. The Morgan fingerprint density at radius 2 is 1.81 bits per heavy atom. The van der Waals surface area contributed by atoms with Crippen molar-refractivity contribution in [2.24, 2.45) is 0 Å². The maximum atomic E-state index is 13.1. The van der Waals surface area contributed by atoms with E-state index in [0.29, 0.717) is 28.0 Å². The van der Waals surface area contributed by atoms with Crippen molar-refractivity contribution in [2.75, 3.05) is 5.32 Å². The molecule has 31 heavy (non-hydrogen) atoms. The summed E-state index contributed by atoms with van der Waals surface area (Å²) in [5.74, 6) is -0.783. The summed E-state index contributed by atoms with van der Waals surface area (Å²) in [6.45, 7) is 0. The average molecular weight is 438 g/mol. The quantitative estimate of drug-likeness (QED) is 0.275. The van der Waals surface area contributed by atoms with Gasteiger partial charge in [-0.3, -0.25) is 14.9 Å². The fourth-order valence-corrected chi connectivity index (χ4v) is 3.00. The van der Waals surface area contributed by atoms with Crippen LogP contribution in [0.15, 0.2) is 66.7 Å². The van der Waals surface area contributed by atoms with Crippen LogP contribution < -0.4 is 5.32 Å². The summed E-state index contributed by atoms with van der Waals surface area (Å²) in [5.41, 5.74) is 2.47. The highest BCUT2D eigenvalue weighted by atomic mass is 35.5. The van der Waals surface area contributed by atoms with Crippen LogP contribution in [0.5, 0.6) is 0 Å². The van der Waals surface area contributed by atoms with Gasteiger partial charge in [-0.25, -0.2) is 4.39 Å². The maximum Gasteiger partial charge on any atom is 0.288 e. The molecule has 0 saturated carbocycles. The zero-order chi connectivity index (χ0) is 22.0. The van der Waals surface area contributed by atoms with Crippen molar-refractivity contribution in [1.29, 1.82) is 0 Å². The second-order valence-corrected chi connectivity index (χ2v) is 6.87. The van der Waals surface area contributed by atoms with Crippen LogP contribution in [-0.2, 0) is 4.79 Å². The van der Waals surface area contributed by atoms with Crippen LogP contribution in [0.1, 0.15) is 5.56 Å². The number of nitrogens with zero attached hydrogens (tertiary/aromatic N) is 4. The van der Waals surface area contributed by atoms with E-state index in [2.05, 4.69) is 15.5 Å². The summed E-state index contributed by atoms with van der Waals surface area (Å²) >= 11 is 5.78. The van der Waals surface area contributed by atoms with Gasteiger partial charge in [0.1, 0.15) is 21.9 Å². The zero-order valence-electron chi connectivity index (χ0n) is 15.7. The molecule has 0 aliphatic heterocycles. The van der Waals surface area contributed by atoms with Gasteiger partial charge in [0.25, 0.3) is 5.69 Å². The van der Waals surface area contributed by atoms with Gasteiger partial charge in [0.2, 0.25) is 5.91 Å². The number of hydrogen-bond acceptors (Lipinski definition) is 5. The summed E-state index contributed by atoms with van der Waals surface area (Å²) in [6, 6.07) is 15.0. The van der Waals surface area contributed by atoms with Crippen LogP contribution in [0, 0.1) is 15.9 Å². The highest BCUT2D eigenvalue weighted by molar-refractivity contribution is 6.32. The van der Waals surface area contributed by atoms with Gasteiger partial charge in [0.05, 0.1) is 10.6 Å². The fourth-order valence-electron chi connectivity index (χ4n) is 2.81. The number of fused-ring (bicyclic) bond motifs is 1. The normalized spacial score (nSPS) is 11.2. The predicted octanol–water partition coefficient (Wildman–Crippen LogP) is 4.77. The Morgan fingerprint density at radius 3 is 2.55 bits per heavy atom. The molecule has 1 N–H and O–H groups in total. The molecule has 1 aromatic heterocycles. The second-order valence-electron chi connectivity index (χ2n) is 6.46. The molecule has 0 unspecified atom stereocenters. The average Bonchev–Trinajstić information content (AvgIpc) is 3.17. The van der Waals surface area contributed by atoms with E-state index < -0.39 is 10.8 Å². The third-order valence-electron chi connectivity index (χ3n) is 4.30. The van der Waals surface area contributed by atoms with Crippen molar-refractivity contribution in [3.05, 3.63) is 93.3 Å². The minimum absolute atomic E-state index is 0.0218. The standard InChI is InChI=1S/C21H13ClFN5O3/c22-17-8-1-13(11-20(17)28(30)31)2-10-21(29)24-15-5-9-18-19(12-15)26-27(25-18)16-6-3-14(23)4-7-16/h1-12H,(H,24,29). The van der Waals surface area contributed by atoms with Crippen molar-refractivity contribution >= 4 is 46.0 Å². The molecule has 0 atom stereocenters. The first-order valence-corrected chi connectivity index (χ1v) is 9.33. The van der Waals surface area contributed by atoms with Crippen molar-refractivity contribution in [3.8, 4) is 5.69 Å². The Balaban J connectivity index is 1.50. The van der Waals surface area contributed by atoms with Gasteiger partial charge in [-0.15, -0.1) is 10.2 Å². The molecule has 4 aromatic rings. The van der Waals surface area contributed by atoms with Crippen LogP contribution in [0.3, 0.4) is 0 Å². The van der Waals surface area contributed by atoms with Crippen LogP contribution in [0.4, 0.5) is 15.8 Å². The molecule has 154 valence electrons. The number of carbonyl (C=O) groups is 1. The Bertz CT molecular complexity index is 1330. The fraction of sp³-hybridized carbons (Fsp3) is 0. The van der Waals surface area contributed by atoms with Crippen molar-refractivity contribution in [2.45, 2.75) is 0 Å². The number of carbonyl (C=O) groups excluding carboxylic acids is 1. The lowest BCUT2D eigenvalue weighted by atomic mass is 10.2. The molecule has 0 radical (unpaired) electrons. The minimum Gasteiger partial charge on any atom is -0.322 e. The van der Waals surface area contributed by atoms with E-state index in [1.165, 1.54) is 41.2 Å². The first kappa shape index (κ1) is 20.2. The van der Waals surface area contributed by atoms with Crippen molar-refractivity contribution in [3.63, 3.8) is 0 Å². The Labute approximate surface area is 179 Å². The molecule has 0 aliphatic rings. The topological polar surface area (TPSA) is 103 Å². The monoisotopic (exact) mass is 437 g/mol. The van der Waals surface area contributed by atoms with E-state index in [-0.39, 0.29) is 16.5 Å². The van der Waals surface area contributed by atoms with E-state index in [1.807, 2.05) is 0 Å². The van der Waals surface area contributed by atoms with Gasteiger partial charge in [-0.1, -0.05) is 17.7 Å². The highest BCUT2D eigenvalue weighted by Crippen LogP contribution is 2.25. The number of benzene rings is 3. The number of hydrogen-bond donors (Lipinski definition) is 1. The Morgan fingerprint density at radius 1 is 1.06 bits per heavy atom. The lowest BCUT2D eigenvalue weighted by Crippen LogP contribution is -2.07. The molecule has 3 aromatic carbocycles. The first-order chi connectivity index (χ1) is 14.9. The first-order valence-electron chi connectivity index (χ1n) is 8.95. The number of nitrogens with one attached hydrogen (secondary N) is 1. The van der Waals surface area contributed by atoms with E-state index in [1.54, 1.807) is 36.4 Å². The Kier molecular flexibility index (Phi) is 5.42. The SMILES string of the molecule is O=C(C=Cc1ccc(Cl)c([N+](=O)[O-])c1)Nc1ccc2nn(-c3ccc(F)cc3)nc2c1. The molecule has 1 heterocycles. The summed E-state index contributed by atoms with van der Waals surface area (Å²) in [5, 5.41) is 22.4. The summed E-state index contributed by atoms with van der Waals surface area (Å²) in [6.07, 6.45) is 2.70. The van der Waals surface area contributed by atoms with E-state index >= 15 is 0 Å². The van der Waals surface area contributed by atoms with E-state index in [4.69, 9.17) is 11.6 Å². The smallest absolute Gasteiger partial charge is 0.288 e. The molecule has 0 bridgehead atoms. The lowest BCUT2D eigenvalue weighted by Gasteiger charge is -2.01. The van der Waals surface area contributed by atoms with Gasteiger partial charge in [-0.2, -0.15) is 4.80 Å². The molecule has 4 rings (SSSR count). The minimum atomic E-state index is -0.589. The largest absolute Gasteiger partial charge is 0.322 e. The van der Waals surface area contributed by atoms with Crippen LogP contribution in [0.25, 0.3) is 22.8 Å². The third-order valence-corrected chi connectivity index (χ3v) is 4.62. The van der Waals surface area contributed by atoms with Crippen molar-refractivity contribution < 1.29 is 14.1 Å². The van der Waals surface area contributed by atoms with Crippen LogP contribution in [-0.4, -0.2) is 25.8 Å². The lowest BCUT2D eigenvalue weighted by molar-refractivity contribution is -0.384. The molecule has 0 spiro atoms. The molecule has 1 amide bonds. The van der Waals surface area contributed by atoms with Gasteiger partial charge < -0.3 is 5.32 Å². The molecule has 0 aliphatic carbocycles. The summed E-state index contributed by atoms with van der Waals surface area (Å²) in [4.78, 5) is 24.0. The highest BCUT2D eigenvalue weighted by Gasteiger charge is 2.12. The summed E-state index contributed by atoms with van der Waals surface area (Å²) < 4.78 is 13.1. The number of rotatable bonds is 5. The predicted molar refractivity (Wildman–Crippen MR) is 115 cm³/mol. The number of nitro benzene ring substituents is 1. The van der Waals surface area contributed by atoms with Gasteiger partial charge in [-0.05, 0) is 60.2 Å². The zero-order valence-corrected chi connectivity index (χ0v) is 16.5. The van der Waals surface area contributed by atoms with Gasteiger partial charge in [0, 0.05) is 17.8 Å². The molecule has 0 saturated heterocycles. The number of anilines is 1. The van der Waals surface area contributed by atoms with Gasteiger partial charge >= 0.3 is 0 Å². The molecule has 10 heteroatoms. The summed E-state index contributed by atoms with van der Waals surface area (Å²) in [7, 11) is 0. The van der Waals surface area contributed by atoms with Crippen LogP contribution >= 0.6 is 11.6 Å². The Hall–Kier alpha value is -4.11. The molecular formula is C21H13ClFN5O3. The van der Waals surface area contributed by atoms with Gasteiger partial charge in [0.15, 0.2) is 0 Å². The number of halogens is 2. The molecule has 8 nitrogen and oxygen atoms in total. The van der Waals surface area contributed by atoms with E-state index in [9.17, 15) is 19.3 Å². The number of aromatic nitrogens is 3. The van der Waals surface area contributed by atoms with E-state index in [0.717, 1.165) is 0 Å².